The van der Waals surface area contributed by atoms with Gasteiger partial charge in [0.05, 0.1) is 5.52 Å². The Hall–Kier alpha value is -2.29. The van der Waals surface area contributed by atoms with E-state index in [1.54, 1.807) is 0 Å². The second-order valence-corrected chi connectivity index (χ2v) is 6.72. The molecular weight excluding hydrogens is 298 g/mol. The fourth-order valence-corrected chi connectivity index (χ4v) is 3.81. The fraction of sp³-hybridized carbons (Fsp3) is 0.381. The van der Waals surface area contributed by atoms with Crippen molar-refractivity contribution in [2.75, 3.05) is 0 Å². The number of carboxylic acids is 1. The number of carboxylic acid groups (broad SMARTS) is 1. The summed E-state index contributed by atoms with van der Waals surface area (Å²) in [5, 5.41) is 12.7. The van der Waals surface area contributed by atoms with Crippen molar-refractivity contribution < 1.29 is 9.90 Å². The summed E-state index contributed by atoms with van der Waals surface area (Å²) >= 11 is 0. The molecule has 2 aromatic carbocycles. The van der Waals surface area contributed by atoms with Crippen LogP contribution in [-0.4, -0.2) is 15.6 Å². The van der Waals surface area contributed by atoms with Crippen LogP contribution in [-0.2, 0) is 18.3 Å². The van der Waals surface area contributed by atoms with Crippen LogP contribution < -0.4 is 0 Å². The first-order valence-electron chi connectivity index (χ1n) is 8.68. The molecule has 24 heavy (non-hydrogen) atoms. The van der Waals surface area contributed by atoms with Crippen molar-refractivity contribution in [3.8, 4) is 0 Å². The van der Waals surface area contributed by atoms with Crippen LogP contribution in [0.5, 0.6) is 0 Å². The molecule has 0 unspecified atom stereocenters. The minimum absolute atomic E-state index is 0.276. The van der Waals surface area contributed by atoms with E-state index in [1.165, 1.54) is 38.5 Å². The average molecular weight is 323 g/mol. The molecule has 3 heteroatoms. The Kier molecular flexibility index (Phi) is 4.61. The average Bonchev–Trinajstić information content (AvgIpc) is 2.80. The van der Waals surface area contributed by atoms with Crippen molar-refractivity contribution in [1.29, 1.82) is 0 Å². The van der Waals surface area contributed by atoms with E-state index in [-0.39, 0.29) is 6.42 Å². The molecule has 126 valence electrons. The van der Waals surface area contributed by atoms with Gasteiger partial charge in [0, 0.05) is 29.9 Å². The van der Waals surface area contributed by atoms with E-state index in [0.29, 0.717) is 0 Å². The van der Waals surface area contributed by atoms with E-state index in [0.717, 1.165) is 25.7 Å². The Labute approximate surface area is 142 Å². The second-order valence-electron chi connectivity index (χ2n) is 6.72. The molecule has 3 rings (SSSR count). The normalized spacial score (nSPS) is 11.5. The lowest BCUT2D eigenvalue weighted by Gasteiger charge is -2.07. The van der Waals surface area contributed by atoms with Crippen LogP contribution in [0.3, 0.4) is 0 Å². The van der Waals surface area contributed by atoms with E-state index >= 15 is 0 Å². The molecule has 0 aliphatic rings. The van der Waals surface area contributed by atoms with Crippen LogP contribution in [0.4, 0.5) is 0 Å². The van der Waals surface area contributed by atoms with Crippen molar-refractivity contribution >= 4 is 27.6 Å². The van der Waals surface area contributed by atoms with Gasteiger partial charge >= 0.3 is 5.97 Å². The predicted molar refractivity (Wildman–Crippen MR) is 99.7 cm³/mol. The topological polar surface area (TPSA) is 42.2 Å². The quantitative estimate of drug-likeness (QED) is 0.639. The molecule has 0 atom stereocenters. The number of aryl methyl sites for hydroxylation is 3. The molecule has 1 heterocycles. The summed E-state index contributed by atoms with van der Waals surface area (Å²) in [7, 11) is 2.15. The van der Waals surface area contributed by atoms with Gasteiger partial charge in [-0.05, 0) is 49.6 Å². The lowest BCUT2D eigenvalue weighted by Crippen LogP contribution is -1.95. The third-order valence-corrected chi connectivity index (χ3v) is 5.11. The molecule has 0 amide bonds. The molecule has 0 radical (unpaired) electrons. The third-order valence-electron chi connectivity index (χ3n) is 5.11. The second kappa shape index (κ2) is 6.68. The maximum absolute atomic E-state index is 10.6. The van der Waals surface area contributed by atoms with E-state index in [4.69, 9.17) is 5.11 Å². The lowest BCUT2D eigenvalue weighted by molar-refractivity contribution is -0.137. The number of carbonyl (C=O) groups is 1. The van der Waals surface area contributed by atoms with Crippen LogP contribution in [0.1, 0.15) is 42.5 Å². The molecule has 0 saturated carbocycles. The molecule has 0 spiro atoms. The highest BCUT2D eigenvalue weighted by Gasteiger charge is 2.16. The van der Waals surface area contributed by atoms with Crippen LogP contribution >= 0.6 is 0 Å². The van der Waals surface area contributed by atoms with Gasteiger partial charge in [-0.1, -0.05) is 36.8 Å². The van der Waals surface area contributed by atoms with E-state index in [2.05, 4.69) is 55.8 Å². The van der Waals surface area contributed by atoms with Gasteiger partial charge in [-0.2, -0.15) is 0 Å². The van der Waals surface area contributed by atoms with Crippen molar-refractivity contribution in [1.82, 2.24) is 4.57 Å². The Bertz CT molecular complexity index is 905. The molecule has 0 bridgehead atoms. The Morgan fingerprint density at radius 2 is 1.88 bits per heavy atom. The molecule has 0 aliphatic heterocycles. The van der Waals surface area contributed by atoms with E-state index in [1.807, 2.05) is 0 Å². The van der Waals surface area contributed by atoms with Gasteiger partial charge < -0.3 is 9.67 Å². The van der Waals surface area contributed by atoms with Crippen LogP contribution in [0, 0.1) is 13.8 Å². The number of fused-ring (bicyclic) bond motifs is 3. The summed E-state index contributed by atoms with van der Waals surface area (Å²) in [5.74, 6) is -0.696. The first-order chi connectivity index (χ1) is 11.5. The lowest BCUT2D eigenvalue weighted by atomic mass is 9.97. The van der Waals surface area contributed by atoms with Gasteiger partial charge in [0.15, 0.2) is 0 Å². The van der Waals surface area contributed by atoms with Gasteiger partial charge in [0.25, 0.3) is 0 Å². The summed E-state index contributed by atoms with van der Waals surface area (Å²) in [6.07, 6.45) is 4.06. The Morgan fingerprint density at radius 1 is 1.12 bits per heavy atom. The monoisotopic (exact) mass is 323 g/mol. The molecule has 1 N–H and O–H groups in total. The van der Waals surface area contributed by atoms with Crippen molar-refractivity contribution in [2.45, 2.75) is 46.0 Å². The highest BCUT2D eigenvalue weighted by atomic mass is 16.4. The number of aromatic nitrogens is 1. The van der Waals surface area contributed by atoms with E-state index in [9.17, 15) is 4.79 Å². The smallest absolute Gasteiger partial charge is 0.303 e. The molecule has 3 aromatic rings. The van der Waals surface area contributed by atoms with Crippen LogP contribution in [0.25, 0.3) is 21.7 Å². The number of benzene rings is 2. The zero-order chi connectivity index (χ0) is 17.3. The summed E-state index contributed by atoms with van der Waals surface area (Å²) < 4.78 is 2.32. The molecule has 0 aliphatic carbocycles. The molecule has 1 aromatic heterocycles. The van der Waals surface area contributed by atoms with Gasteiger partial charge in [0.2, 0.25) is 0 Å². The SMILES string of the molecule is Cc1cc2ccccc2c2c1c(CCCCCC(=O)O)c(C)n2C. The van der Waals surface area contributed by atoms with Crippen LogP contribution in [0.2, 0.25) is 0 Å². The van der Waals surface area contributed by atoms with Crippen LogP contribution in [0.15, 0.2) is 30.3 Å². The maximum Gasteiger partial charge on any atom is 0.303 e. The van der Waals surface area contributed by atoms with Crippen molar-refractivity contribution in [2.24, 2.45) is 7.05 Å². The fourth-order valence-electron chi connectivity index (χ4n) is 3.81. The van der Waals surface area contributed by atoms with Gasteiger partial charge in [-0.3, -0.25) is 4.79 Å². The maximum atomic E-state index is 10.6. The van der Waals surface area contributed by atoms with Gasteiger partial charge in [0.1, 0.15) is 0 Å². The standard InChI is InChI=1S/C21H25NO2/c1-14-13-16-9-7-8-11-18(16)21-20(14)17(15(2)22(21)3)10-5-4-6-12-19(23)24/h7-9,11,13H,4-6,10,12H2,1-3H3,(H,23,24). The van der Waals surface area contributed by atoms with Gasteiger partial charge in [-0.15, -0.1) is 0 Å². The number of rotatable bonds is 6. The highest BCUT2D eigenvalue weighted by molar-refractivity contribution is 6.09. The number of hydrogen-bond acceptors (Lipinski definition) is 1. The Morgan fingerprint density at radius 3 is 2.62 bits per heavy atom. The minimum atomic E-state index is -0.696. The summed E-state index contributed by atoms with van der Waals surface area (Å²) in [4.78, 5) is 10.6. The predicted octanol–water partition coefficient (Wildman–Crippen LogP) is 5.14. The zero-order valence-corrected chi connectivity index (χ0v) is 14.7. The third kappa shape index (κ3) is 2.91. The summed E-state index contributed by atoms with van der Waals surface area (Å²) in [5.41, 5.74) is 5.39. The molecule has 3 nitrogen and oxygen atoms in total. The highest BCUT2D eigenvalue weighted by Crippen LogP contribution is 2.35. The first-order valence-corrected chi connectivity index (χ1v) is 8.68. The minimum Gasteiger partial charge on any atom is -0.481 e. The van der Waals surface area contributed by atoms with Crippen molar-refractivity contribution in [3.63, 3.8) is 0 Å². The number of nitrogens with zero attached hydrogens (tertiary/aromatic N) is 1. The molecule has 0 saturated heterocycles. The number of aliphatic carboxylic acids is 1. The number of hydrogen-bond donors (Lipinski definition) is 1. The van der Waals surface area contributed by atoms with Gasteiger partial charge in [-0.25, -0.2) is 0 Å². The molecule has 0 fully saturated rings. The number of unbranched alkanes of at least 4 members (excludes halogenated alkanes) is 2. The van der Waals surface area contributed by atoms with Crippen molar-refractivity contribution in [3.05, 3.63) is 47.2 Å². The Balaban J connectivity index is 1.98. The summed E-state index contributed by atoms with van der Waals surface area (Å²) in [6.45, 7) is 4.39. The first kappa shape index (κ1) is 16.6. The molecular formula is C21H25NO2. The summed E-state index contributed by atoms with van der Waals surface area (Å²) in [6, 6.07) is 10.9. The largest absolute Gasteiger partial charge is 0.481 e. The van der Waals surface area contributed by atoms with E-state index < -0.39 is 5.97 Å². The zero-order valence-electron chi connectivity index (χ0n) is 14.7.